The molecule has 2 aliphatic heterocycles. The molecule has 0 unspecified atom stereocenters. The Morgan fingerprint density at radius 2 is 1.68 bits per heavy atom. The maximum absolute atomic E-state index is 5.89. The lowest BCUT2D eigenvalue weighted by Gasteiger charge is -2.22. The number of pyridine rings is 1. The molecule has 0 saturated carbocycles. The number of aromatic nitrogens is 1. The number of methoxy groups -OCH3 is 1. The van der Waals surface area contributed by atoms with Gasteiger partial charge < -0.3 is 19.5 Å². The highest BCUT2D eigenvalue weighted by Gasteiger charge is 2.32. The molecule has 0 aliphatic carbocycles. The number of anilines is 1. The summed E-state index contributed by atoms with van der Waals surface area (Å²) in [6.07, 6.45) is 6.18. The molecule has 0 radical (unpaired) electrons. The van der Waals surface area contributed by atoms with E-state index in [1.807, 2.05) is 0 Å². The first-order valence-electron chi connectivity index (χ1n) is 14.5. The Balaban J connectivity index is 1.34. The molecule has 4 aromatic carbocycles. The van der Waals surface area contributed by atoms with Crippen molar-refractivity contribution in [3.63, 3.8) is 0 Å². The summed E-state index contributed by atoms with van der Waals surface area (Å²) in [5.41, 5.74) is 10.1. The van der Waals surface area contributed by atoms with E-state index in [-0.39, 0.29) is 6.79 Å². The molecule has 1 N–H and O–H groups in total. The number of benzene rings is 4. The van der Waals surface area contributed by atoms with Gasteiger partial charge in [-0.1, -0.05) is 60.2 Å². The number of aryl methyl sites for hydroxylation is 4. The molecular weight excluding hydrogens is 508 g/mol. The van der Waals surface area contributed by atoms with E-state index in [9.17, 15) is 0 Å². The van der Waals surface area contributed by atoms with Crippen LogP contribution in [0.3, 0.4) is 0 Å². The second-order valence-corrected chi connectivity index (χ2v) is 11.0. The minimum Gasteiger partial charge on any atom is -0.495 e. The van der Waals surface area contributed by atoms with Crippen LogP contribution in [-0.4, -0.2) is 20.4 Å². The van der Waals surface area contributed by atoms with Crippen LogP contribution in [0.15, 0.2) is 85.1 Å². The van der Waals surface area contributed by atoms with Crippen molar-refractivity contribution >= 4 is 16.5 Å². The maximum atomic E-state index is 5.89. The number of fused-ring (bicyclic) bond motifs is 5. The molecule has 0 saturated heterocycles. The van der Waals surface area contributed by atoms with Crippen LogP contribution in [0.5, 0.6) is 17.2 Å². The number of nitrogens with zero attached hydrogens (tertiary/aromatic N) is 1. The summed E-state index contributed by atoms with van der Waals surface area (Å²) in [6.45, 7) is 4.20. The van der Waals surface area contributed by atoms with E-state index in [0.29, 0.717) is 0 Å². The minimum atomic E-state index is 0.283. The predicted molar refractivity (Wildman–Crippen MR) is 163 cm³/mol. The van der Waals surface area contributed by atoms with Gasteiger partial charge in [0.05, 0.1) is 23.7 Å². The van der Waals surface area contributed by atoms with E-state index in [4.69, 9.17) is 14.2 Å². The van der Waals surface area contributed by atoms with Crippen molar-refractivity contribution in [1.82, 2.24) is 0 Å². The minimum absolute atomic E-state index is 0.283. The Kier molecular flexibility index (Phi) is 6.71. The van der Waals surface area contributed by atoms with Crippen LogP contribution >= 0.6 is 0 Å². The van der Waals surface area contributed by atoms with Crippen LogP contribution < -0.4 is 24.1 Å². The van der Waals surface area contributed by atoms with E-state index in [1.54, 1.807) is 7.11 Å². The van der Waals surface area contributed by atoms with Crippen LogP contribution in [0.25, 0.3) is 22.0 Å². The van der Waals surface area contributed by atoms with E-state index in [1.165, 1.54) is 49.8 Å². The third-order valence-electron chi connectivity index (χ3n) is 8.37. The highest BCUT2D eigenvalue weighted by atomic mass is 16.7. The first kappa shape index (κ1) is 25.5. The second-order valence-electron chi connectivity index (χ2n) is 11.0. The molecule has 5 heteroatoms. The molecule has 2 aliphatic rings. The summed E-state index contributed by atoms with van der Waals surface area (Å²) in [4.78, 5) is 0. The Morgan fingerprint density at radius 3 is 2.49 bits per heavy atom. The third kappa shape index (κ3) is 4.86. The lowest BCUT2D eigenvalue weighted by Crippen LogP contribution is -2.41. The summed E-state index contributed by atoms with van der Waals surface area (Å²) in [5.74, 6) is 2.55. The number of nitrogens with one attached hydrogen (secondary N) is 1. The Labute approximate surface area is 241 Å². The fourth-order valence-electron chi connectivity index (χ4n) is 6.26. The highest BCUT2D eigenvalue weighted by molar-refractivity contribution is 6.00. The fourth-order valence-corrected chi connectivity index (χ4v) is 6.26. The number of hydrogen-bond donors (Lipinski definition) is 1. The third-order valence-corrected chi connectivity index (χ3v) is 8.37. The molecule has 206 valence electrons. The molecule has 41 heavy (non-hydrogen) atoms. The zero-order valence-corrected chi connectivity index (χ0v) is 23.7. The predicted octanol–water partition coefficient (Wildman–Crippen LogP) is 7.03. The molecule has 0 spiro atoms. The van der Waals surface area contributed by atoms with Gasteiger partial charge in [-0.05, 0) is 60.7 Å². The average Bonchev–Trinajstić information content (AvgIpc) is 3.47. The number of rotatable bonds is 8. The van der Waals surface area contributed by atoms with Gasteiger partial charge in [-0.25, -0.2) is 0 Å². The molecule has 0 amide bonds. The lowest BCUT2D eigenvalue weighted by atomic mass is 9.88. The van der Waals surface area contributed by atoms with Gasteiger partial charge in [-0.15, -0.1) is 0 Å². The van der Waals surface area contributed by atoms with E-state index < -0.39 is 0 Å². The highest BCUT2D eigenvalue weighted by Crippen LogP contribution is 2.43. The van der Waals surface area contributed by atoms with Crippen molar-refractivity contribution < 1.29 is 18.8 Å². The van der Waals surface area contributed by atoms with E-state index in [0.717, 1.165) is 61.7 Å². The van der Waals surface area contributed by atoms with Crippen molar-refractivity contribution in [2.75, 3.05) is 25.8 Å². The number of hydrogen-bond acceptors (Lipinski definition) is 4. The Morgan fingerprint density at radius 1 is 0.878 bits per heavy atom. The van der Waals surface area contributed by atoms with Gasteiger partial charge in [-0.3, -0.25) is 0 Å². The summed E-state index contributed by atoms with van der Waals surface area (Å²) in [6, 6.07) is 28.3. The summed E-state index contributed by atoms with van der Waals surface area (Å²) in [7, 11) is 1.76. The van der Waals surface area contributed by atoms with Crippen LogP contribution in [0, 0.1) is 6.92 Å². The molecule has 3 heterocycles. The summed E-state index contributed by atoms with van der Waals surface area (Å²) in [5, 5.41) is 6.20. The van der Waals surface area contributed by atoms with Crippen LogP contribution in [0.4, 0.5) is 5.69 Å². The smallest absolute Gasteiger partial charge is 0.231 e. The van der Waals surface area contributed by atoms with Gasteiger partial charge in [0.15, 0.2) is 24.2 Å². The SMILES string of the molecule is COc1ccc2c(Cc3ccc(C)cc3)c3[n+](cc2c1NCCCc1ccccc1)CCc1cc2c(cc1-3)OCO2. The molecule has 5 nitrogen and oxygen atoms in total. The van der Waals surface area contributed by atoms with Crippen molar-refractivity contribution in [2.24, 2.45) is 0 Å². The van der Waals surface area contributed by atoms with Gasteiger partial charge in [0.25, 0.3) is 0 Å². The lowest BCUT2D eigenvalue weighted by molar-refractivity contribution is -0.686. The zero-order valence-electron chi connectivity index (χ0n) is 23.7. The van der Waals surface area contributed by atoms with Gasteiger partial charge in [0, 0.05) is 30.3 Å². The number of ether oxygens (including phenoxy) is 3. The van der Waals surface area contributed by atoms with Gasteiger partial charge in [0.2, 0.25) is 12.5 Å². The maximum Gasteiger partial charge on any atom is 0.231 e. The van der Waals surface area contributed by atoms with Crippen molar-refractivity contribution in [3.8, 4) is 28.5 Å². The largest absolute Gasteiger partial charge is 0.495 e. The average molecular weight is 544 g/mol. The monoisotopic (exact) mass is 543 g/mol. The fraction of sp³-hybridized carbons (Fsp3) is 0.250. The molecule has 0 atom stereocenters. The summed E-state index contributed by atoms with van der Waals surface area (Å²) < 4.78 is 19.9. The first-order chi connectivity index (χ1) is 20.2. The van der Waals surface area contributed by atoms with Crippen LogP contribution in [0.2, 0.25) is 0 Å². The molecule has 0 bridgehead atoms. The first-order valence-corrected chi connectivity index (χ1v) is 14.5. The second kappa shape index (κ2) is 10.8. The van der Waals surface area contributed by atoms with E-state index >= 15 is 0 Å². The summed E-state index contributed by atoms with van der Waals surface area (Å²) >= 11 is 0. The van der Waals surface area contributed by atoms with Crippen molar-refractivity contribution in [3.05, 3.63) is 113 Å². The zero-order chi connectivity index (χ0) is 27.8. The molecule has 7 rings (SSSR count). The Hall–Kier alpha value is -4.51. The van der Waals surface area contributed by atoms with Gasteiger partial charge in [0.1, 0.15) is 5.75 Å². The molecule has 5 aromatic rings. The van der Waals surface area contributed by atoms with Gasteiger partial charge >= 0.3 is 0 Å². The van der Waals surface area contributed by atoms with E-state index in [2.05, 4.69) is 102 Å². The Bertz CT molecular complexity index is 1730. The van der Waals surface area contributed by atoms with Crippen LogP contribution in [0.1, 0.15) is 34.2 Å². The van der Waals surface area contributed by atoms with Crippen LogP contribution in [-0.2, 0) is 25.8 Å². The molecule has 1 aromatic heterocycles. The van der Waals surface area contributed by atoms with Crippen molar-refractivity contribution in [2.45, 2.75) is 39.2 Å². The topological polar surface area (TPSA) is 43.6 Å². The van der Waals surface area contributed by atoms with Gasteiger partial charge in [-0.2, -0.15) is 4.57 Å². The normalized spacial score (nSPS) is 13.1. The molecule has 0 fully saturated rings. The quantitative estimate of drug-likeness (QED) is 0.169. The van der Waals surface area contributed by atoms with Crippen molar-refractivity contribution in [1.29, 1.82) is 0 Å². The standard InChI is InChI=1S/C36H34N2O3/c1-24-10-12-26(13-11-24)19-30-28-14-15-32(39-2)35(37-17-6-9-25-7-4-3-5-8-25)31(28)22-38-18-16-27-20-33-34(41-23-40-33)21-29(27)36(30)38/h3-5,7-8,10-15,20-22H,6,9,16-19,23H2,1-2H3/p+1. The molecular formula is C36H35N2O3+.